The summed E-state index contributed by atoms with van der Waals surface area (Å²) in [6, 6.07) is 2.61. The van der Waals surface area contributed by atoms with E-state index in [0.717, 1.165) is 4.88 Å². The summed E-state index contributed by atoms with van der Waals surface area (Å²) in [5, 5.41) is 2.81. The summed E-state index contributed by atoms with van der Waals surface area (Å²) in [6.45, 7) is 4.48. The Morgan fingerprint density at radius 3 is 2.86 bits per heavy atom. The molecule has 0 saturated carbocycles. The van der Waals surface area contributed by atoms with E-state index in [9.17, 15) is 13.2 Å². The second-order valence-electron chi connectivity index (χ2n) is 5.50. The van der Waals surface area contributed by atoms with E-state index in [1.165, 1.54) is 15.6 Å². The first kappa shape index (κ1) is 17.4. The fourth-order valence-corrected chi connectivity index (χ4v) is 5.66. The molecule has 2 heterocycles. The van der Waals surface area contributed by atoms with Crippen molar-refractivity contribution in [3.05, 3.63) is 17.0 Å². The Balaban J connectivity index is 2.15. The second kappa shape index (κ2) is 7.08. The quantitative estimate of drug-likeness (QED) is 0.844. The van der Waals surface area contributed by atoms with E-state index < -0.39 is 16.1 Å². The summed E-state index contributed by atoms with van der Waals surface area (Å²) >= 11 is 1.24. The maximum atomic E-state index is 12.7. The number of thiophene rings is 1. The molecule has 0 aromatic carbocycles. The van der Waals surface area contributed by atoms with E-state index in [4.69, 9.17) is 4.74 Å². The smallest absolute Gasteiger partial charge is 0.253 e. The zero-order valence-electron chi connectivity index (χ0n) is 13.0. The van der Waals surface area contributed by atoms with Crippen molar-refractivity contribution >= 4 is 27.3 Å². The van der Waals surface area contributed by atoms with E-state index >= 15 is 0 Å². The van der Waals surface area contributed by atoms with Crippen LogP contribution < -0.4 is 5.32 Å². The van der Waals surface area contributed by atoms with E-state index in [1.807, 2.05) is 13.8 Å². The van der Waals surface area contributed by atoms with Crippen LogP contribution in [0.1, 0.15) is 24.6 Å². The van der Waals surface area contributed by atoms with E-state index in [2.05, 4.69) is 5.32 Å². The van der Waals surface area contributed by atoms with Crippen molar-refractivity contribution in [1.29, 1.82) is 0 Å². The standard InChI is InChI=1S/C14H22N2O4S2/c1-10(9-20-3)15-14(17)12-5-4-8-16(12)22(18,19)13-7-6-11(2)21-13/h6-7,10,12H,4-5,8-9H2,1-3H3,(H,15,17). The molecule has 1 fully saturated rings. The third-order valence-corrected chi connectivity index (χ3v) is 6.97. The number of carbonyl (C=O) groups is 1. The third-order valence-electron chi connectivity index (χ3n) is 3.59. The molecule has 6 nitrogen and oxygen atoms in total. The summed E-state index contributed by atoms with van der Waals surface area (Å²) in [5.74, 6) is -0.251. The number of ether oxygens (including phenoxy) is 1. The summed E-state index contributed by atoms with van der Waals surface area (Å²) in [4.78, 5) is 13.3. The van der Waals surface area contributed by atoms with Gasteiger partial charge in [0.1, 0.15) is 10.3 Å². The van der Waals surface area contributed by atoms with Gasteiger partial charge in [0.2, 0.25) is 5.91 Å². The fraction of sp³-hybridized carbons (Fsp3) is 0.643. The Kier molecular flexibility index (Phi) is 5.60. The number of carbonyl (C=O) groups excluding carboxylic acids is 1. The monoisotopic (exact) mass is 346 g/mol. The number of nitrogens with zero attached hydrogens (tertiary/aromatic N) is 1. The topological polar surface area (TPSA) is 75.7 Å². The van der Waals surface area contributed by atoms with Crippen LogP contribution in [-0.2, 0) is 19.6 Å². The largest absolute Gasteiger partial charge is 0.383 e. The molecule has 1 aromatic rings. The first-order valence-electron chi connectivity index (χ1n) is 7.24. The minimum atomic E-state index is -3.60. The van der Waals surface area contributed by atoms with Crippen molar-refractivity contribution in [1.82, 2.24) is 9.62 Å². The third kappa shape index (κ3) is 3.68. The molecular formula is C14H22N2O4S2. The van der Waals surface area contributed by atoms with Crippen LogP contribution in [0, 0.1) is 6.92 Å². The average Bonchev–Trinajstić information content (AvgIpc) is 3.07. The SMILES string of the molecule is COCC(C)NC(=O)C1CCCN1S(=O)(=O)c1ccc(C)s1. The molecule has 2 unspecified atom stereocenters. The Morgan fingerprint density at radius 1 is 1.55 bits per heavy atom. The van der Waals surface area contributed by atoms with Crippen molar-refractivity contribution in [3.63, 3.8) is 0 Å². The number of hydrogen-bond donors (Lipinski definition) is 1. The molecule has 1 amide bonds. The average molecular weight is 346 g/mol. The van der Waals surface area contributed by atoms with Crippen LogP contribution in [0.2, 0.25) is 0 Å². The Hall–Kier alpha value is -0.960. The second-order valence-corrected chi connectivity index (χ2v) is 8.91. The van der Waals surface area contributed by atoms with E-state index in [1.54, 1.807) is 19.2 Å². The highest BCUT2D eigenvalue weighted by Gasteiger charge is 2.40. The van der Waals surface area contributed by atoms with Crippen LogP contribution in [0.15, 0.2) is 16.3 Å². The summed E-state index contributed by atoms with van der Waals surface area (Å²) in [5.41, 5.74) is 0. The van der Waals surface area contributed by atoms with Crippen LogP contribution >= 0.6 is 11.3 Å². The minimum Gasteiger partial charge on any atom is -0.383 e. The maximum Gasteiger partial charge on any atom is 0.253 e. The molecule has 2 atom stereocenters. The van der Waals surface area contributed by atoms with Gasteiger partial charge in [0.15, 0.2) is 0 Å². The number of amides is 1. The van der Waals surface area contributed by atoms with Crippen LogP contribution in [0.5, 0.6) is 0 Å². The molecule has 0 bridgehead atoms. The zero-order chi connectivity index (χ0) is 16.3. The van der Waals surface area contributed by atoms with Gasteiger partial charge in [-0.3, -0.25) is 4.79 Å². The predicted octanol–water partition coefficient (Wildman–Crippen LogP) is 1.36. The lowest BCUT2D eigenvalue weighted by Gasteiger charge is -2.24. The zero-order valence-corrected chi connectivity index (χ0v) is 14.7. The van der Waals surface area contributed by atoms with Gasteiger partial charge in [-0.2, -0.15) is 4.31 Å². The van der Waals surface area contributed by atoms with E-state index in [0.29, 0.717) is 30.2 Å². The highest BCUT2D eigenvalue weighted by molar-refractivity contribution is 7.91. The van der Waals surface area contributed by atoms with Gasteiger partial charge in [-0.25, -0.2) is 8.42 Å². The molecule has 1 aliphatic rings. The molecule has 1 saturated heterocycles. The van der Waals surface area contributed by atoms with Crippen molar-refractivity contribution in [2.24, 2.45) is 0 Å². The lowest BCUT2D eigenvalue weighted by atomic mass is 10.2. The molecule has 22 heavy (non-hydrogen) atoms. The highest BCUT2D eigenvalue weighted by Crippen LogP contribution is 2.30. The summed E-state index contributed by atoms with van der Waals surface area (Å²) in [6.07, 6.45) is 1.25. The highest BCUT2D eigenvalue weighted by atomic mass is 32.2. The van der Waals surface area contributed by atoms with Crippen LogP contribution in [-0.4, -0.2) is 51.0 Å². The van der Waals surface area contributed by atoms with Crippen LogP contribution in [0.4, 0.5) is 0 Å². The molecular weight excluding hydrogens is 324 g/mol. The number of sulfonamides is 1. The lowest BCUT2D eigenvalue weighted by molar-refractivity contribution is -0.125. The van der Waals surface area contributed by atoms with Crippen molar-refractivity contribution in [2.75, 3.05) is 20.3 Å². The summed E-state index contributed by atoms with van der Waals surface area (Å²) in [7, 11) is -2.04. The van der Waals surface area contributed by atoms with Gasteiger partial charge in [0.25, 0.3) is 10.0 Å². The predicted molar refractivity (Wildman–Crippen MR) is 85.5 cm³/mol. The van der Waals surface area contributed by atoms with Gasteiger partial charge in [-0.05, 0) is 38.8 Å². The minimum absolute atomic E-state index is 0.147. The number of hydrogen-bond acceptors (Lipinski definition) is 5. The molecule has 1 aliphatic heterocycles. The lowest BCUT2D eigenvalue weighted by Crippen LogP contribution is -2.48. The van der Waals surface area contributed by atoms with Gasteiger partial charge in [0.05, 0.1) is 6.61 Å². The van der Waals surface area contributed by atoms with Gasteiger partial charge < -0.3 is 10.1 Å². The number of nitrogens with one attached hydrogen (secondary N) is 1. The molecule has 0 spiro atoms. The maximum absolute atomic E-state index is 12.7. The number of methoxy groups -OCH3 is 1. The molecule has 2 rings (SSSR count). The van der Waals surface area contributed by atoms with Gasteiger partial charge in [0, 0.05) is 24.6 Å². The normalized spacial score (nSPS) is 21.0. The molecule has 124 valence electrons. The molecule has 0 aliphatic carbocycles. The van der Waals surface area contributed by atoms with E-state index in [-0.39, 0.29) is 11.9 Å². The Bertz CT molecular complexity index is 627. The van der Waals surface area contributed by atoms with Crippen molar-refractivity contribution < 1.29 is 17.9 Å². The van der Waals surface area contributed by atoms with Gasteiger partial charge in [-0.15, -0.1) is 11.3 Å². The molecule has 0 radical (unpaired) electrons. The summed E-state index contributed by atoms with van der Waals surface area (Å²) < 4.78 is 32.0. The molecule has 1 aromatic heterocycles. The van der Waals surface area contributed by atoms with Crippen molar-refractivity contribution in [2.45, 2.75) is 43.0 Å². The van der Waals surface area contributed by atoms with Gasteiger partial charge in [-0.1, -0.05) is 0 Å². The first-order chi connectivity index (χ1) is 10.4. The first-order valence-corrected chi connectivity index (χ1v) is 9.49. The van der Waals surface area contributed by atoms with Gasteiger partial charge >= 0.3 is 0 Å². The van der Waals surface area contributed by atoms with Crippen LogP contribution in [0.25, 0.3) is 0 Å². The molecule has 1 N–H and O–H groups in total. The number of aryl methyl sites for hydroxylation is 1. The number of rotatable bonds is 6. The van der Waals surface area contributed by atoms with Crippen LogP contribution in [0.3, 0.4) is 0 Å². The fourth-order valence-electron chi connectivity index (χ4n) is 2.59. The molecule has 8 heteroatoms. The Morgan fingerprint density at radius 2 is 2.27 bits per heavy atom. The Labute approximate surface area is 135 Å². The van der Waals surface area contributed by atoms with Crippen molar-refractivity contribution in [3.8, 4) is 0 Å².